The smallest absolute Gasteiger partial charge is 0.322 e. The van der Waals surface area contributed by atoms with E-state index in [2.05, 4.69) is 38.8 Å². The lowest BCUT2D eigenvalue weighted by Gasteiger charge is -2.34. The summed E-state index contributed by atoms with van der Waals surface area (Å²) in [5.41, 5.74) is 3.77. The highest BCUT2D eigenvalue weighted by Gasteiger charge is 2.24. The van der Waals surface area contributed by atoms with Gasteiger partial charge in [0.2, 0.25) is 0 Å². The predicted molar refractivity (Wildman–Crippen MR) is 126 cm³/mol. The molecule has 1 fully saturated rings. The zero-order valence-corrected chi connectivity index (χ0v) is 18.7. The van der Waals surface area contributed by atoms with Crippen molar-refractivity contribution in [2.75, 3.05) is 31.5 Å². The molecule has 2 aromatic carbocycles. The number of halogens is 2. The van der Waals surface area contributed by atoms with E-state index >= 15 is 0 Å². The number of carbonyl (C=O) groups is 1. The molecule has 0 unspecified atom stereocenters. The van der Waals surface area contributed by atoms with Crippen molar-refractivity contribution < 1.29 is 13.6 Å². The second-order valence-corrected chi connectivity index (χ2v) is 8.37. The van der Waals surface area contributed by atoms with Gasteiger partial charge < -0.3 is 10.2 Å². The number of pyridine rings is 1. The van der Waals surface area contributed by atoms with E-state index < -0.39 is 17.7 Å². The van der Waals surface area contributed by atoms with Crippen LogP contribution < -0.4 is 5.32 Å². The average molecular weight is 463 g/mol. The standard InChI is InChI=1S/C25H24F2N6O/c1-17-4-2-5-19(14-17)33-23(29-22-6-3-9-28-24(22)33)16-31-10-12-32(13-11-31)25(34)30-21-8-7-18(26)15-20(21)27/h2-9,14-15H,10-13,16H2,1H3,(H,30,34). The minimum absolute atomic E-state index is 0.0341. The number of carbonyl (C=O) groups excluding carboxylic acids is 1. The van der Waals surface area contributed by atoms with Gasteiger partial charge in [-0.15, -0.1) is 0 Å². The van der Waals surface area contributed by atoms with Crippen LogP contribution in [0.15, 0.2) is 60.8 Å². The lowest BCUT2D eigenvalue weighted by Crippen LogP contribution is -2.49. The number of imidazole rings is 1. The number of aryl methyl sites for hydroxylation is 1. The second-order valence-electron chi connectivity index (χ2n) is 8.37. The van der Waals surface area contributed by atoms with Crippen LogP contribution in [0.5, 0.6) is 0 Å². The van der Waals surface area contributed by atoms with E-state index in [9.17, 15) is 13.6 Å². The Kier molecular flexibility index (Phi) is 5.93. The molecule has 0 atom stereocenters. The van der Waals surface area contributed by atoms with Gasteiger partial charge in [0.15, 0.2) is 5.65 Å². The van der Waals surface area contributed by atoms with Crippen molar-refractivity contribution in [2.45, 2.75) is 13.5 Å². The fourth-order valence-electron chi connectivity index (χ4n) is 4.20. The summed E-state index contributed by atoms with van der Waals surface area (Å²) in [7, 11) is 0. The molecule has 2 aromatic heterocycles. The summed E-state index contributed by atoms with van der Waals surface area (Å²) < 4.78 is 29.1. The molecule has 1 N–H and O–H groups in total. The average Bonchev–Trinajstić information content (AvgIpc) is 3.19. The fourth-order valence-corrected chi connectivity index (χ4v) is 4.20. The molecule has 34 heavy (non-hydrogen) atoms. The quantitative estimate of drug-likeness (QED) is 0.490. The Morgan fingerprint density at radius 2 is 1.85 bits per heavy atom. The first-order chi connectivity index (χ1) is 16.5. The first-order valence-electron chi connectivity index (χ1n) is 11.1. The Bertz CT molecular complexity index is 1350. The van der Waals surface area contributed by atoms with Crippen molar-refractivity contribution in [3.63, 3.8) is 0 Å². The Morgan fingerprint density at radius 1 is 1.03 bits per heavy atom. The van der Waals surface area contributed by atoms with Gasteiger partial charge in [0.1, 0.15) is 23.0 Å². The number of hydrogen-bond acceptors (Lipinski definition) is 4. The minimum Gasteiger partial charge on any atom is -0.322 e. The third kappa shape index (κ3) is 4.47. The number of amides is 2. The van der Waals surface area contributed by atoms with Gasteiger partial charge in [-0.1, -0.05) is 12.1 Å². The van der Waals surface area contributed by atoms with Gasteiger partial charge >= 0.3 is 6.03 Å². The summed E-state index contributed by atoms with van der Waals surface area (Å²) in [5.74, 6) is -0.600. The number of fused-ring (bicyclic) bond motifs is 1. The number of hydrogen-bond donors (Lipinski definition) is 1. The van der Waals surface area contributed by atoms with E-state index in [4.69, 9.17) is 4.98 Å². The highest BCUT2D eigenvalue weighted by Crippen LogP contribution is 2.22. The molecule has 1 aliphatic heterocycles. The monoisotopic (exact) mass is 462 g/mol. The van der Waals surface area contributed by atoms with Crippen LogP contribution in [-0.4, -0.2) is 56.5 Å². The van der Waals surface area contributed by atoms with Crippen molar-refractivity contribution >= 4 is 22.9 Å². The fraction of sp³-hybridized carbons (Fsp3) is 0.240. The maximum Gasteiger partial charge on any atom is 0.322 e. The van der Waals surface area contributed by atoms with Crippen LogP contribution in [0.2, 0.25) is 0 Å². The number of rotatable bonds is 4. The van der Waals surface area contributed by atoms with Gasteiger partial charge in [-0.2, -0.15) is 0 Å². The van der Waals surface area contributed by atoms with Crippen LogP contribution in [0.3, 0.4) is 0 Å². The van der Waals surface area contributed by atoms with Crippen molar-refractivity contribution in [1.82, 2.24) is 24.3 Å². The van der Waals surface area contributed by atoms with Crippen LogP contribution >= 0.6 is 0 Å². The molecule has 0 saturated carbocycles. The van der Waals surface area contributed by atoms with Gasteiger partial charge in [-0.3, -0.25) is 9.47 Å². The molecule has 4 aromatic rings. The van der Waals surface area contributed by atoms with Crippen LogP contribution in [0, 0.1) is 18.6 Å². The molecule has 5 rings (SSSR count). The van der Waals surface area contributed by atoms with Crippen molar-refractivity contribution in [3.05, 3.63) is 83.8 Å². The molecule has 2 amide bonds. The van der Waals surface area contributed by atoms with E-state index in [1.807, 2.05) is 24.3 Å². The Hall–Kier alpha value is -3.85. The zero-order valence-electron chi connectivity index (χ0n) is 18.7. The Labute approximate surface area is 195 Å². The SMILES string of the molecule is Cc1cccc(-n2c(CN3CCN(C(=O)Nc4ccc(F)cc4F)CC3)nc3cccnc32)c1. The van der Waals surface area contributed by atoms with E-state index in [1.54, 1.807) is 11.1 Å². The van der Waals surface area contributed by atoms with Gasteiger partial charge in [0.05, 0.1) is 12.2 Å². The van der Waals surface area contributed by atoms with E-state index in [0.29, 0.717) is 32.7 Å². The minimum atomic E-state index is -0.796. The highest BCUT2D eigenvalue weighted by atomic mass is 19.1. The number of aromatic nitrogens is 3. The van der Waals surface area contributed by atoms with Gasteiger partial charge in [0, 0.05) is 44.1 Å². The molecule has 0 radical (unpaired) electrons. The van der Waals surface area contributed by atoms with Crippen molar-refractivity contribution in [1.29, 1.82) is 0 Å². The summed E-state index contributed by atoms with van der Waals surface area (Å²) in [6.07, 6.45) is 1.77. The molecule has 7 nitrogen and oxygen atoms in total. The van der Waals surface area contributed by atoms with Gasteiger partial charge in [-0.05, 0) is 48.9 Å². The third-order valence-corrected chi connectivity index (χ3v) is 5.94. The van der Waals surface area contributed by atoms with Crippen LogP contribution in [-0.2, 0) is 6.54 Å². The number of anilines is 1. The second kappa shape index (κ2) is 9.18. The summed E-state index contributed by atoms with van der Waals surface area (Å²) in [6.45, 7) is 4.91. The maximum atomic E-state index is 13.9. The molecular weight excluding hydrogens is 438 g/mol. The zero-order chi connectivity index (χ0) is 23.7. The summed E-state index contributed by atoms with van der Waals surface area (Å²) in [5, 5.41) is 2.53. The molecule has 1 saturated heterocycles. The summed E-state index contributed by atoms with van der Waals surface area (Å²) in [6, 6.07) is 14.7. The molecule has 3 heterocycles. The van der Waals surface area contributed by atoms with Crippen LogP contribution in [0.25, 0.3) is 16.9 Å². The van der Waals surface area contributed by atoms with Crippen LogP contribution in [0.4, 0.5) is 19.3 Å². The number of benzene rings is 2. The maximum absolute atomic E-state index is 13.9. The molecule has 0 bridgehead atoms. The first-order valence-corrected chi connectivity index (χ1v) is 11.1. The normalized spacial score (nSPS) is 14.5. The molecule has 1 aliphatic rings. The van der Waals surface area contributed by atoms with E-state index in [1.165, 1.54) is 6.07 Å². The van der Waals surface area contributed by atoms with E-state index in [0.717, 1.165) is 40.4 Å². The first kappa shape index (κ1) is 22.0. The van der Waals surface area contributed by atoms with Gasteiger partial charge in [0.25, 0.3) is 0 Å². The van der Waals surface area contributed by atoms with Crippen molar-refractivity contribution in [3.8, 4) is 5.69 Å². The lowest BCUT2D eigenvalue weighted by atomic mass is 10.2. The van der Waals surface area contributed by atoms with E-state index in [-0.39, 0.29) is 5.69 Å². The topological polar surface area (TPSA) is 66.3 Å². The number of nitrogens with one attached hydrogen (secondary N) is 1. The lowest BCUT2D eigenvalue weighted by molar-refractivity contribution is 0.140. The Balaban J connectivity index is 1.29. The van der Waals surface area contributed by atoms with Gasteiger partial charge in [-0.25, -0.2) is 23.5 Å². The molecular formula is C25H24F2N6O. The van der Waals surface area contributed by atoms with Crippen molar-refractivity contribution in [2.24, 2.45) is 0 Å². The Morgan fingerprint density at radius 3 is 2.62 bits per heavy atom. The predicted octanol–water partition coefficient (Wildman–Crippen LogP) is 4.36. The summed E-state index contributed by atoms with van der Waals surface area (Å²) in [4.78, 5) is 25.8. The van der Waals surface area contributed by atoms with Crippen LogP contribution in [0.1, 0.15) is 11.4 Å². The molecule has 174 valence electrons. The highest BCUT2D eigenvalue weighted by molar-refractivity contribution is 5.89. The number of piperazine rings is 1. The molecule has 9 heteroatoms. The largest absolute Gasteiger partial charge is 0.322 e. The third-order valence-electron chi connectivity index (χ3n) is 5.94. The molecule has 0 spiro atoms. The number of nitrogens with zero attached hydrogens (tertiary/aromatic N) is 5. The molecule has 0 aliphatic carbocycles. The summed E-state index contributed by atoms with van der Waals surface area (Å²) >= 11 is 0. The number of urea groups is 1.